The van der Waals surface area contributed by atoms with Crippen molar-refractivity contribution in [1.82, 2.24) is 9.88 Å². The van der Waals surface area contributed by atoms with Crippen LogP contribution in [0.3, 0.4) is 0 Å². The normalized spacial score (nSPS) is 14.9. The number of hydrogen-bond acceptors (Lipinski definition) is 7. The van der Waals surface area contributed by atoms with Crippen molar-refractivity contribution in [3.8, 4) is 0 Å². The van der Waals surface area contributed by atoms with E-state index in [9.17, 15) is 26.0 Å². The number of carboxylic acid groups (broad SMARTS) is 1. The van der Waals surface area contributed by atoms with Crippen molar-refractivity contribution in [3.63, 3.8) is 0 Å². The van der Waals surface area contributed by atoms with Gasteiger partial charge in [-0.2, -0.15) is 13.2 Å². The van der Waals surface area contributed by atoms with Crippen LogP contribution in [0.15, 0.2) is 58.9 Å². The number of aliphatic carboxylic acids is 1. The Morgan fingerprint density at radius 1 is 1.18 bits per heavy atom. The molecule has 0 aliphatic carbocycles. The fourth-order valence-electron chi connectivity index (χ4n) is 3.62. The third kappa shape index (κ3) is 8.28. The number of halogens is 5. The molecule has 1 aliphatic rings. The van der Waals surface area contributed by atoms with Crippen LogP contribution in [0.5, 0.6) is 0 Å². The fourth-order valence-corrected chi connectivity index (χ4v) is 5.78. The summed E-state index contributed by atoms with van der Waals surface area (Å²) in [6.45, 7) is 2.78. The molecule has 0 spiro atoms. The molecule has 4 rings (SSSR count). The minimum Gasteiger partial charge on any atom is -0.475 e. The molecule has 0 amide bonds. The number of rotatable bonds is 8. The second-order valence-corrected chi connectivity index (χ2v) is 11.1. The van der Waals surface area contributed by atoms with Crippen LogP contribution < -0.4 is 10.0 Å². The van der Waals surface area contributed by atoms with E-state index in [0.717, 1.165) is 61.5 Å². The highest BCUT2D eigenvalue weighted by molar-refractivity contribution is 7.93. The molecule has 1 fully saturated rings. The largest absolute Gasteiger partial charge is 0.490 e. The second-order valence-electron chi connectivity index (χ2n) is 8.12. The summed E-state index contributed by atoms with van der Waals surface area (Å²) in [5, 5.41) is 12.4. The van der Waals surface area contributed by atoms with E-state index < -0.39 is 32.9 Å². The predicted octanol–water partition coefficient (Wildman–Crippen LogP) is 5.62. The Kier molecular flexibility index (Phi) is 9.93. The number of nitrogens with zero attached hydrogens (tertiary/aromatic N) is 2. The Labute approximate surface area is 225 Å². The Hall–Kier alpha value is -2.94. The molecule has 0 bridgehead atoms. The van der Waals surface area contributed by atoms with Gasteiger partial charge >= 0.3 is 12.1 Å². The van der Waals surface area contributed by atoms with Crippen molar-refractivity contribution >= 4 is 49.7 Å². The number of alkyl halides is 3. The average molecular weight is 595 g/mol. The molecule has 3 N–H and O–H groups in total. The highest BCUT2D eigenvalue weighted by atomic mass is 35.5. The quantitative estimate of drug-likeness (QED) is 0.290. The van der Waals surface area contributed by atoms with E-state index in [4.69, 9.17) is 21.5 Å². The number of benzene rings is 2. The third-order valence-corrected chi connectivity index (χ3v) is 7.86. The topological polar surface area (TPSA) is 112 Å². The van der Waals surface area contributed by atoms with E-state index in [1.807, 2.05) is 30.3 Å². The van der Waals surface area contributed by atoms with Crippen molar-refractivity contribution in [2.45, 2.75) is 30.0 Å². The van der Waals surface area contributed by atoms with Gasteiger partial charge in [0.25, 0.3) is 10.0 Å². The highest BCUT2D eigenvalue weighted by Crippen LogP contribution is 2.32. The Morgan fingerprint density at radius 2 is 1.82 bits per heavy atom. The van der Waals surface area contributed by atoms with Crippen LogP contribution in [0, 0.1) is 5.82 Å². The Balaban J connectivity index is 0.000000505. The summed E-state index contributed by atoms with van der Waals surface area (Å²) < 4.78 is 74.0. The number of sulfonamides is 1. The SMILES string of the molecule is O=C(O)C(F)(F)F.O=S(=O)(Nc1nccs1)c1cc(Cl)c(N[C@H](CN2CCCC2)c2ccccc2)cc1F. The molecule has 206 valence electrons. The van der Waals surface area contributed by atoms with Crippen LogP contribution in [0.25, 0.3) is 0 Å². The molecule has 2 heterocycles. The van der Waals surface area contributed by atoms with Crippen molar-refractivity contribution in [1.29, 1.82) is 0 Å². The number of likely N-dealkylation sites (tertiary alicyclic amines) is 1. The van der Waals surface area contributed by atoms with Crippen LogP contribution in [0.1, 0.15) is 24.4 Å². The molecule has 15 heteroatoms. The summed E-state index contributed by atoms with van der Waals surface area (Å²) in [4.78, 5) is 14.6. The maximum absolute atomic E-state index is 14.9. The molecule has 3 aromatic rings. The lowest BCUT2D eigenvalue weighted by Gasteiger charge is -2.26. The van der Waals surface area contributed by atoms with Crippen LogP contribution in [-0.2, 0) is 14.8 Å². The first-order valence-corrected chi connectivity index (χ1v) is 13.9. The summed E-state index contributed by atoms with van der Waals surface area (Å²) in [6, 6.07) is 12.0. The van der Waals surface area contributed by atoms with Crippen molar-refractivity contribution < 1.29 is 35.9 Å². The second kappa shape index (κ2) is 12.7. The van der Waals surface area contributed by atoms with Crippen molar-refractivity contribution in [2.75, 3.05) is 29.7 Å². The lowest BCUT2D eigenvalue weighted by Crippen LogP contribution is -2.29. The molecular formula is C23H23ClF4N4O4S2. The van der Waals surface area contributed by atoms with Gasteiger partial charge in [0.05, 0.1) is 16.8 Å². The van der Waals surface area contributed by atoms with Gasteiger partial charge in [-0.25, -0.2) is 22.6 Å². The maximum Gasteiger partial charge on any atom is 0.490 e. The molecule has 8 nitrogen and oxygen atoms in total. The average Bonchev–Trinajstić information content (AvgIpc) is 3.55. The van der Waals surface area contributed by atoms with Crippen LogP contribution in [-0.4, -0.2) is 55.2 Å². The minimum atomic E-state index is -5.08. The molecular weight excluding hydrogens is 572 g/mol. The zero-order chi connectivity index (χ0) is 27.9. The third-order valence-electron chi connectivity index (χ3n) is 5.38. The van der Waals surface area contributed by atoms with Gasteiger partial charge in [-0.1, -0.05) is 41.9 Å². The number of carbonyl (C=O) groups is 1. The zero-order valence-electron chi connectivity index (χ0n) is 19.6. The molecule has 2 aromatic carbocycles. The molecule has 1 atom stereocenters. The molecule has 0 unspecified atom stereocenters. The molecule has 1 aliphatic heterocycles. The molecule has 1 aromatic heterocycles. The summed E-state index contributed by atoms with van der Waals surface area (Å²) in [6.07, 6.45) is -1.30. The molecule has 1 saturated heterocycles. The van der Waals surface area contributed by atoms with Gasteiger partial charge < -0.3 is 15.3 Å². The number of hydrogen-bond donors (Lipinski definition) is 3. The van der Waals surface area contributed by atoms with Gasteiger partial charge in [-0.15, -0.1) is 11.3 Å². The Bertz CT molecular complexity index is 1320. The lowest BCUT2D eigenvalue weighted by atomic mass is 10.1. The van der Waals surface area contributed by atoms with E-state index in [0.29, 0.717) is 5.69 Å². The van der Waals surface area contributed by atoms with E-state index in [1.165, 1.54) is 6.20 Å². The van der Waals surface area contributed by atoms with Gasteiger partial charge in [0, 0.05) is 18.1 Å². The standard InChI is InChI=1S/C21H22ClFN4O2S2.C2HF3O2/c22-16-12-20(31(28,29)26-21-24-8-11-30-21)17(23)13-18(16)25-19(14-27-9-4-5-10-27)15-6-2-1-3-7-15;3-2(4,5)1(6)7/h1-3,6-8,11-13,19,25H,4-5,9-10,14H2,(H,24,26);(H,6,7)/t19-;/m1./s1. The lowest BCUT2D eigenvalue weighted by molar-refractivity contribution is -0.192. The molecule has 0 saturated carbocycles. The summed E-state index contributed by atoms with van der Waals surface area (Å²) in [5.74, 6) is -3.64. The fraction of sp³-hybridized carbons (Fsp3) is 0.304. The number of carboxylic acids is 1. The monoisotopic (exact) mass is 594 g/mol. The van der Waals surface area contributed by atoms with E-state index in [-0.39, 0.29) is 16.2 Å². The summed E-state index contributed by atoms with van der Waals surface area (Å²) in [7, 11) is -4.15. The number of nitrogens with one attached hydrogen (secondary N) is 2. The van der Waals surface area contributed by atoms with Crippen LogP contribution in [0.2, 0.25) is 5.02 Å². The molecule has 0 radical (unpaired) electrons. The first-order chi connectivity index (χ1) is 17.9. The van der Waals surface area contributed by atoms with Gasteiger partial charge in [0.15, 0.2) is 5.13 Å². The van der Waals surface area contributed by atoms with E-state index in [2.05, 4.69) is 19.9 Å². The van der Waals surface area contributed by atoms with Gasteiger partial charge in [0.1, 0.15) is 10.7 Å². The van der Waals surface area contributed by atoms with Gasteiger partial charge in [-0.05, 0) is 43.6 Å². The highest BCUT2D eigenvalue weighted by Gasteiger charge is 2.38. The van der Waals surface area contributed by atoms with Gasteiger partial charge in [-0.3, -0.25) is 4.72 Å². The van der Waals surface area contributed by atoms with Crippen LogP contribution in [0.4, 0.5) is 28.4 Å². The van der Waals surface area contributed by atoms with Gasteiger partial charge in [0.2, 0.25) is 0 Å². The Morgan fingerprint density at radius 3 is 2.37 bits per heavy atom. The van der Waals surface area contributed by atoms with Crippen LogP contribution >= 0.6 is 22.9 Å². The maximum atomic E-state index is 14.9. The number of aromatic nitrogens is 1. The minimum absolute atomic E-state index is 0.118. The number of thiazole rings is 1. The van der Waals surface area contributed by atoms with Crippen molar-refractivity contribution in [3.05, 3.63) is 70.4 Å². The predicted molar refractivity (Wildman–Crippen MR) is 137 cm³/mol. The summed E-state index contributed by atoms with van der Waals surface area (Å²) in [5.41, 5.74) is 1.40. The first-order valence-electron chi connectivity index (χ1n) is 11.1. The summed E-state index contributed by atoms with van der Waals surface area (Å²) >= 11 is 7.49. The van der Waals surface area contributed by atoms with E-state index >= 15 is 0 Å². The smallest absolute Gasteiger partial charge is 0.475 e. The number of anilines is 2. The van der Waals surface area contributed by atoms with Crippen molar-refractivity contribution in [2.24, 2.45) is 0 Å². The molecule has 38 heavy (non-hydrogen) atoms. The first kappa shape index (κ1) is 29.6. The zero-order valence-corrected chi connectivity index (χ0v) is 22.0. The van der Waals surface area contributed by atoms with E-state index in [1.54, 1.807) is 5.38 Å².